The smallest absolute Gasteiger partial charge is 0.236 e. The second kappa shape index (κ2) is 7.44. The van der Waals surface area contributed by atoms with Crippen LogP contribution in [0.4, 0.5) is 4.39 Å². The van der Waals surface area contributed by atoms with Crippen molar-refractivity contribution in [1.29, 1.82) is 0 Å². The number of halogens is 1. The number of carbonyl (C=O) groups excluding carboxylic acids is 1. The van der Waals surface area contributed by atoms with Crippen LogP contribution in [0.15, 0.2) is 18.2 Å². The van der Waals surface area contributed by atoms with Crippen LogP contribution in [-0.4, -0.2) is 71.7 Å². The molecule has 0 radical (unpaired) electrons. The number of amides is 1. The molecule has 0 spiro atoms. The zero-order valence-corrected chi connectivity index (χ0v) is 14.2. The van der Waals surface area contributed by atoms with Crippen molar-refractivity contribution in [3.05, 3.63) is 24.1 Å². The Labute approximate surface area is 141 Å². The van der Waals surface area contributed by atoms with E-state index in [4.69, 9.17) is 9.47 Å². The van der Waals surface area contributed by atoms with Crippen LogP contribution in [0, 0.1) is 5.95 Å². The maximum atomic E-state index is 13.1. The fourth-order valence-corrected chi connectivity index (χ4v) is 3.34. The molecule has 1 aromatic heterocycles. The Balaban J connectivity index is 1.48. The first-order chi connectivity index (χ1) is 11.5. The van der Waals surface area contributed by atoms with Gasteiger partial charge in [-0.1, -0.05) is 6.07 Å². The van der Waals surface area contributed by atoms with Gasteiger partial charge in [0, 0.05) is 32.2 Å². The van der Waals surface area contributed by atoms with Gasteiger partial charge in [0.15, 0.2) is 0 Å². The molecule has 0 N–H and O–H groups in total. The summed E-state index contributed by atoms with van der Waals surface area (Å²) in [6, 6.07) is 4.51. The van der Waals surface area contributed by atoms with Gasteiger partial charge in [0.25, 0.3) is 0 Å². The fraction of sp³-hybridized carbons (Fsp3) is 0.647. The second-order valence-electron chi connectivity index (χ2n) is 6.62. The first kappa shape index (κ1) is 17.1. The summed E-state index contributed by atoms with van der Waals surface area (Å²) in [4.78, 5) is 20.2. The normalized spacial score (nSPS) is 28.1. The van der Waals surface area contributed by atoms with Gasteiger partial charge in [-0.15, -0.1) is 0 Å². The van der Waals surface area contributed by atoms with E-state index >= 15 is 0 Å². The van der Waals surface area contributed by atoms with E-state index in [2.05, 4.69) is 9.88 Å². The van der Waals surface area contributed by atoms with E-state index in [0.29, 0.717) is 32.1 Å². The van der Waals surface area contributed by atoms with Crippen molar-refractivity contribution in [3.63, 3.8) is 0 Å². The molecule has 1 amide bonds. The molecule has 132 valence electrons. The molecule has 7 heteroatoms. The molecule has 3 heterocycles. The van der Waals surface area contributed by atoms with Gasteiger partial charge in [-0.05, 0) is 26.3 Å². The molecule has 1 aromatic rings. The van der Waals surface area contributed by atoms with Gasteiger partial charge in [-0.2, -0.15) is 9.37 Å². The monoisotopic (exact) mass is 337 g/mol. The van der Waals surface area contributed by atoms with Crippen LogP contribution >= 0.6 is 0 Å². The zero-order valence-electron chi connectivity index (χ0n) is 14.2. The molecular formula is C17H24FN3O3. The van der Waals surface area contributed by atoms with Crippen LogP contribution in [0.1, 0.15) is 20.3 Å². The molecule has 0 aromatic carbocycles. The van der Waals surface area contributed by atoms with E-state index in [0.717, 1.165) is 13.0 Å². The third-order valence-electron chi connectivity index (χ3n) is 4.34. The Morgan fingerprint density at radius 3 is 2.79 bits per heavy atom. The Morgan fingerprint density at radius 2 is 2.08 bits per heavy atom. The van der Waals surface area contributed by atoms with E-state index in [1.807, 2.05) is 18.7 Å². The Hall–Kier alpha value is -1.73. The van der Waals surface area contributed by atoms with Gasteiger partial charge in [-0.3, -0.25) is 9.69 Å². The summed E-state index contributed by atoms with van der Waals surface area (Å²) >= 11 is 0. The summed E-state index contributed by atoms with van der Waals surface area (Å²) in [6.45, 7) is 7.09. The molecule has 2 fully saturated rings. The van der Waals surface area contributed by atoms with E-state index in [9.17, 15) is 9.18 Å². The highest BCUT2D eigenvalue weighted by atomic mass is 19.1. The number of rotatable bonds is 4. The molecule has 2 aliphatic rings. The molecule has 0 aliphatic carbocycles. The van der Waals surface area contributed by atoms with Crippen LogP contribution in [0.25, 0.3) is 0 Å². The molecule has 3 rings (SSSR count). The summed E-state index contributed by atoms with van der Waals surface area (Å²) in [5.41, 5.74) is 0. The fourth-order valence-electron chi connectivity index (χ4n) is 3.34. The molecule has 3 unspecified atom stereocenters. The lowest BCUT2D eigenvalue weighted by atomic mass is 10.2. The van der Waals surface area contributed by atoms with Crippen LogP contribution in [0.5, 0.6) is 5.88 Å². The SMILES string of the molecule is CC1CN(C(=O)CN2CCC(Oc3cccc(F)n3)C2)CC(C)O1. The van der Waals surface area contributed by atoms with E-state index < -0.39 is 5.95 Å². The van der Waals surface area contributed by atoms with Crippen LogP contribution in [0.3, 0.4) is 0 Å². The Bertz CT molecular complexity index is 576. The summed E-state index contributed by atoms with van der Waals surface area (Å²) in [5, 5.41) is 0. The van der Waals surface area contributed by atoms with Crippen molar-refractivity contribution in [2.75, 3.05) is 32.7 Å². The number of aromatic nitrogens is 1. The van der Waals surface area contributed by atoms with Crippen LogP contribution in [-0.2, 0) is 9.53 Å². The Morgan fingerprint density at radius 1 is 1.33 bits per heavy atom. The topological polar surface area (TPSA) is 54.9 Å². The summed E-state index contributed by atoms with van der Waals surface area (Å²) in [6.07, 6.45) is 0.897. The first-order valence-corrected chi connectivity index (χ1v) is 8.44. The van der Waals surface area contributed by atoms with Gasteiger partial charge >= 0.3 is 0 Å². The zero-order chi connectivity index (χ0) is 17.1. The van der Waals surface area contributed by atoms with Crippen LogP contribution in [0.2, 0.25) is 0 Å². The van der Waals surface area contributed by atoms with Crippen molar-refractivity contribution in [1.82, 2.24) is 14.8 Å². The number of ether oxygens (including phenoxy) is 2. The minimum atomic E-state index is -0.548. The lowest BCUT2D eigenvalue weighted by Gasteiger charge is -2.36. The highest BCUT2D eigenvalue weighted by Gasteiger charge is 2.30. The minimum absolute atomic E-state index is 0.0605. The van der Waals surface area contributed by atoms with Crippen molar-refractivity contribution >= 4 is 5.91 Å². The van der Waals surface area contributed by atoms with Crippen molar-refractivity contribution < 1.29 is 18.7 Å². The van der Waals surface area contributed by atoms with Crippen molar-refractivity contribution in [2.45, 2.75) is 38.6 Å². The molecular weight excluding hydrogens is 313 g/mol. The maximum Gasteiger partial charge on any atom is 0.236 e. The van der Waals surface area contributed by atoms with E-state index in [1.165, 1.54) is 6.07 Å². The van der Waals surface area contributed by atoms with Gasteiger partial charge in [-0.25, -0.2) is 0 Å². The summed E-state index contributed by atoms with van der Waals surface area (Å²) < 4.78 is 24.5. The second-order valence-corrected chi connectivity index (χ2v) is 6.62. The quantitative estimate of drug-likeness (QED) is 0.776. The third kappa shape index (κ3) is 4.42. The number of nitrogens with zero attached hydrogens (tertiary/aromatic N) is 3. The van der Waals surface area contributed by atoms with Gasteiger partial charge < -0.3 is 14.4 Å². The number of likely N-dealkylation sites (tertiary alicyclic amines) is 1. The number of morpholine rings is 1. The van der Waals surface area contributed by atoms with Gasteiger partial charge in [0.1, 0.15) is 6.10 Å². The number of pyridine rings is 1. The standard InChI is InChI=1S/C17H24FN3O3/c1-12-8-21(9-13(2)23-12)17(22)11-20-7-6-14(10-20)24-16-5-3-4-15(18)19-16/h3-5,12-14H,6-11H2,1-2H3. The molecule has 3 atom stereocenters. The first-order valence-electron chi connectivity index (χ1n) is 8.44. The summed E-state index contributed by atoms with van der Waals surface area (Å²) in [7, 11) is 0. The predicted octanol–water partition coefficient (Wildman–Crippen LogP) is 1.31. The average molecular weight is 337 g/mol. The molecule has 24 heavy (non-hydrogen) atoms. The lowest BCUT2D eigenvalue weighted by molar-refractivity contribution is -0.144. The molecule has 0 saturated carbocycles. The van der Waals surface area contributed by atoms with Gasteiger partial charge in [0.2, 0.25) is 17.7 Å². The summed E-state index contributed by atoms with van der Waals surface area (Å²) in [5.74, 6) is -0.126. The largest absolute Gasteiger partial charge is 0.473 e. The average Bonchev–Trinajstić information content (AvgIpc) is 2.93. The number of hydrogen-bond acceptors (Lipinski definition) is 5. The highest BCUT2D eigenvalue weighted by Crippen LogP contribution is 2.17. The minimum Gasteiger partial charge on any atom is -0.473 e. The van der Waals surface area contributed by atoms with Gasteiger partial charge in [0.05, 0.1) is 18.8 Å². The van der Waals surface area contributed by atoms with E-state index in [-0.39, 0.29) is 24.2 Å². The molecule has 2 aliphatic heterocycles. The lowest BCUT2D eigenvalue weighted by Crippen LogP contribution is -2.51. The van der Waals surface area contributed by atoms with Crippen molar-refractivity contribution in [3.8, 4) is 5.88 Å². The van der Waals surface area contributed by atoms with Crippen molar-refractivity contribution in [2.24, 2.45) is 0 Å². The highest BCUT2D eigenvalue weighted by molar-refractivity contribution is 5.78. The number of hydrogen-bond donors (Lipinski definition) is 0. The third-order valence-corrected chi connectivity index (χ3v) is 4.34. The molecule has 0 bridgehead atoms. The number of carbonyl (C=O) groups is 1. The Kier molecular flexibility index (Phi) is 5.30. The maximum absolute atomic E-state index is 13.1. The predicted molar refractivity (Wildman–Crippen MR) is 86.3 cm³/mol. The van der Waals surface area contributed by atoms with Crippen LogP contribution < -0.4 is 4.74 Å². The molecule has 2 saturated heterocycles. The molecule has 6 nitrogen and oxygen atoms in total. The van der Waals surface area contributed by atoms with E-state index in [1.54, 1.807) is 12.1 Å².